The van der Waals surface area contributed by atoms with Gasteiger partial charge in [-0.15, -0.1) is 0 Å². The Bertz CT molecular complexity index is 472. The predicted molar refractivity (Wildman–Crippen MR) is 54.6 cm³/mol. The van der Waals surface area contributed by atoms with Crippen LogP contribution >= 0.6 is 0 Å². The van der Waals surface area contributed by atoms with E-state index in [0.29, 0.717) is 6.07 Å². The Kier molecular flexibility index (Phi) is 3.48. The van der Waals surface area contributed by atoms with E-state index < -0.39 is 23.2 Å². The third kappa shape index (κ3) is 4.08. The van der Waals surface area contributed by atoms with E-state index >= 15 is 0 Å². The van der Waals surface area contributed by atoms with Crippen molar-refractivity contribution in [3.8, 4) is 11.8 Å². The van der Waals surface area contributed by atoms with Crippen LogP contribution in [0.1, 0.15) is 25.0 Å². The minimum Gasteiger partial charge on any atom is -0.378 e. The van der Waals surface area contributed by atoms with Crippen LogP contribution in [-0.4, -0.2) is 10.7 Å². The SMILES string of the molecule is CC(C)(O)C#Cc1ccc(C(F)(F)F)cc1F. The van der Waals surface area contributed by atoms with Gasteiger partial charge in [-0.05, 0) is 32.0 Å². The Balaban J connectivity index is 3.10. The summed E-state index contributed by atoms with van der Waals surface area (Å²) in [5.74, 6) is 3.55. The van der Waals surface area contributed by atoms with Crippen molar-refractivity contribution in [2.45, 2.75) is 25.6 Å². The number of rotatable bonds is 0. The van der Waals surface area contributed by atoms with Crippen LogP contribution < -0.4 is 0 Å². The molecular formula is C12H10F4O. The van der Waals surface area contributed by atoms with Gasteiger partial charge in [-0.1, -0.05) is 11.8 Å². The van der Waals surface area contributed by atoms with Crippen molar-refractivity contribution in [3.05, 3.63) is 35.1 Å². The highest BCUT2D eigenvalue weighted by Crippen LogP contribution is 2.30. The van der Waals surface area contributed by atoms with Crippen molar-refractivity contribution in [2.75, 3.05) is 0 Å². The molecule has 0 amide bonds. The summed E-state index contributed by atoms with van der Waals surface area (Å²) in [7, 11) is 0. The van der Waals surface area contributed by atoms with E-state index in [0.717, 1.165) is 12.1 Å². The maximum absolute atomic E-state index is 13.3. The summed E-state index contributed by atoms with van der Waals surface area (Å²) in [6.45, 7) is 2.78. The van der Waals surface area contributed by atoms with Crippen LogP contribution in [0.3, 0.4) is 0 Å². The lowest BCUT2D eigenvalue weighted by Crippen LogP contribution is -2.14. The molecule has 1 aromatic rings. The number of hydrogen-bond acceptors (Lipinski definition) is 1. The van der Waals surface area contributed by atoms with Crippen LogP contribution in [0, 0.1) is 17.7 Å². The molecule has 0 aliphatic carbocycles. The molecule has 0 atom stereocenters. The van der Waals surface area contributed by atoms with E-state index in [1.165, 1.54) is 13.8 Å². The number of halogens is 4. The van der Waals surface area contributed by atoms with E-state index in [2.05, 4.69) is 11.8 Å². The van der Waals surface area contributed by atoms with Gasteiger partial charge in [0, 0.05) is 0 Å². The number of benzene rings is 1. The average molecular weight is 246 g/mol. The third-order valence-corrected chi connectivity index (χ3v) is 1.80. The zero-order chi connectivity index (χ0) is 13.3. The molecule has 5 heteroatoms. The summed E-state index contributed by atoms with van der Waals surface area (Å²) < 4.78 is 50.0. The third-order valence-electron chi connectivity index (χ3n) is 1.80. The topological polar surface area (TPSA) is 20.2 Å². The van der Waals surface area contributed by atoms with Gasteiger partial charge in [0.25, 0.3) is 0 Å². The van der Waals surface area contributed by atoms with Crippen molar-refractivity contribution in [3.63, 3.8) is 0 Å². The van der Waals surface area contributed by atoms with Crippen molar-refractivity contribution in [2.24, 2.45) is 0 Å². The van der Waals surface area contributed by atoms with Crippen LogP contribution in [0.2, 0.25) is 0 Å². The molecule has 0 spiro atoms. The van der Waals surface area contributed by atoms with Crippen molar-refractivity contribution < 1.29 is 22.7 Å². The predicted octanol–water partition coefficient (Wildman–Crippen LogP) is 2.97. The van der Waals surface area contributed by atoms with Crippen LogP contribution in [0.4, 0.5) is 17.6 Å². The molecule has 17 heavy (non-hydrogen) atoms. The largest absolute Gasteiger partial charge is 0.416 e. The number of aliphatic hydroxyl groups is 1. The van der Waals surface area contributed by atoms with E-state index in [1.54, 1.807) is 0 Å². The van der Waals surface area contributed by atoms with Gasteiger partial charge < -0.3 is 5.11 Å². The Morgan fingerprint density at radius 2 is 1.76 bits per heavy atom. The Morgan fingerprint density at radius 1 is 1.18 bits per heavy atom. The molecule has 0 aromatic heterocycles. The first-order valence-corrected chi connectivity index (χ1v) is 4.72. The van der Waals surface area contributed by atoms with Crippen LogP contribution in [0.5, 0.6) is 0 Å². The van der Waals surface area contributed by atoms with Gasteiger partial charge >= 0.3 is 6.18 Å². The standard InChI is InChI=1S/C12H10F4O/c1-11(2,17)6-5-8-3-4-9(7-10(8)13)12(14,15)16/h3-4,7,17H,1-2H3. The Labute approximate surface area is 96.1 Å². The Morgan fingerprint density at radius 3 is 2.18 bits per heavy atom. The quantitative estimate of drug-likeness (QED) is 0.551. The normalized spacial score (nSPS) is 11.9. The molecule has 1 nitrogen and oxygen atoms in total. The molecule has 0 aliphatic heterocycles. The Hall–Kier alpha value is -1.54. The molecule has 0 heterocycles. The first kappa shape index (κ1) is 13.5. The molecule has 0 bridgehead atoms. The molecule has 1 N–H and O–H groups in total. The smallest absolute Gasteiger partial charge is 0.378 e. The van der Waals surface area contributed by atoms with Crippen LogP contribution in [0.15, 0.2) is 18.2 Å². The fourth-order valence-corrected chi connectivity index (χ4v) is 1.01. The number of hydrogen-bond donors (Lipinski definition) is 1. The van der Waals surface area contributed by atoms with Gasteiger partial charge in [-0.3, -0.25) is 0 Å². The van der Waals surface area contributed by atoms with Crippen molar-refractivity contribution in [1.29, 1.82) is 0 Å². The maximum Gasteiger partial charge on any atom is 0.416 e. The van der Waals surface area contributed by atoms with E-state index in [9.17, 15) is 22.7 Å². The second-order valence-electron chi connectivity index (χ2n) is 4.00. The first-order valence-electron chi connectivity index (χ1n) is 4.72. The van der Waals surface area contributed by atoms with Gasteiger partial charge in [0.05, 0.1) is 11.1 Å². The zero-order valence-corrected chi connectivity index (χ0v) is 9.19. The second-order valence-corrected chi connectivity index (χ2v) is 4.00. The summed E-state index contributed by atoms with van der Waals surface area (Å²) in [4.78, 5) is 0. The summed E-state index contributed by atoms with van der Waals surface area (Å²) in [6, 6.07) is 2.07. The van der Waals surface area contributed by atoms with Crippen LogP contribution in [0.25, 0.3) is 0 Å². The fourth-order valence-electron chi connectivity index (χ4n) is 1.01. The van der Waals surface area contributed by atoms with E-state index in [4.69, 9.17) is 0 Å². The van der Waals surface area contributed by atoms with Gasteiger partial charge in [0.1, 0.15) is 11.4 Å². The van der Waals surface area contributed by atoms with Gasteiger partial charge in [-0.2, -0.15) is 13.2 Å². The summed E-state index contributed by atoms with van der Waals surface area (Å²) >= 11 is 0. The highest BCUT2D eigenvalue weighted by Gasteiger charge is 2.31. The maximum atomic E-state index is 13.3. The minimum absolute atomic E-state index is 0.180. The molecule has 1 aromatic carbocycles. The molecule has 0 saturated carbocycles. The second kappa shape index (κ2) is 4.38. The van der Waals surface area contributed by atoms with Gasteiger partial charge in [0.2, 0.25) is 0 Å². The first-order chi connectivity index (χ1) is 7.59. The molecule has 0 aliphatic rings. The average Bonchev–Trinajstić information content (AvgIpc) is 2.12. The molecule has 92 valence electrons. The summed E-state index contributed by atoms with van der Waals surface area (Å²) in [6.07, 6.45) is -4.58. The summed E-state index contributed by atoms with van der Waals surface area (Å²) in [5, 5.41) is 9.28. The molecule has 0 radical (unpaired) electrons. The monoisotopic (exact) mass is 246 g/mol. The van der Waals surface area contributed by atoms with Gasteiger partial charge in [0.15, 0.2) is 0 Å². The van der Waals surface area contributed by atoms with Crippen molar-refractivity contribution >= 4 is 0 Å². The lowest BCUT2D eigenvalue weighted by Gasteiger charge is -2.08. The molecule has 1 rings (SSSR count). The molecule has 0 saturated heterocycles. The highest BCUT2D eigenvalue weighted by molar-refractivity contribution is 5.39. The van der Waals surface area contributed by atoms with Crippen molar-refractivity contribution in [1.82, 2.24) is 0 Å². The lowest BCUT2D eigenvalue weighted by atomic mass is 10.1. The van der Waals surface area contributed by atoms with Crippen LogP contribution in [-0.2, 0) is 6.18 Å². The van der Waals surface area contributed by atoms with Gasteiger partial charge in [-0.25, -0.2) is 4.39 Å². The molecular weight excluding hydrogens is 236 g/mol. The minimum atomic E-state index is -4.58. The van der Waals surface area contributed by atoms with E-state index in [1.807, 2.05) is 0 Å². The fraction of sp³-hybridized carbons (Fsp3) is 0.333. The highest BCUT2D eigenvalue weighted by atomic mass is 19.4. The van der Waals surface area contributed by atoms with E-state index in [-0.39, 0.29) is 5.56 Å². The lowest BCUT2D eigenvalue weighted by molar-refractivity contribution is -0.137. The zero-order valence-electron chi connectivity index (χ0n) is 9.19. The molecule has 0 unspecified atom stereocenters. The number of alkyl halides is 3. The summed E-state index contributed by atoms with van der Waals surface area (Å²) in [5.41, 5.74) is -2.57. The molecule has 0 fully saturated rings.